The second kappa shape index (κ2) is 7.54. The minimum Gasteiger partial charge on any atom is -0.494 e. The van der Waals surface area contributed by atoms with E-state index in [0.29, 0.717) is 4.47 Å². The number of hydrogen-bond acceptors (Lipinski definition) is 4. The molecule has 0 aliphatic heterocycles. The predicted molar refractivity (Wildman–Crippen MR) is 89.6 cm³/mol. The number of nitrogens with one attached hydrogen (secondary N) is 1. The standard InChI is InChI=1S/C14H11BrClF2NO4S/c1-22-13-9(15)6-8(16)7-12(13)24(20,21)19-10-4-2-3-5-11(10)23-14(17)18/h2-7,14,19H,1H3. The molecule has 1 N–H and O–H groups in total. The number of benzene rings is 2. The Bertz CT molecular complexity index is 849. The van der Waals surface area contributed by atoms with Gasteiger partial charge in [0.15, 0.2) is 5.75 Å². The molecular weight excluding hydrogens is 432 g/mol. The zero-order valence-electron chi connectivity index (χ0n) is 12.1. The molecule has 130 valence electrons. The highest BCUT2D eigenvalue weighted by molar-refractivity contribution is 9.10. The molecule has 0 aromatic heterocycles. The van der Waals surface area contributed by atoms with E-state index in [1.165, 1.54) is 43.5 Å². The van der Waals surface area contributed by atoms with Crippen molar-refractivity contribution < 1.29 is 26.7 Å². The van der Waals surface area contributed by atoms with Crippen LogP contribution in [0.1, 0.15) is 0 Å². The molecule has 0 heterocycles. The quantitative estimate of drug-likeness (QED) is 0.715. The second-order valence-corrected chi connectivity index (χ2v) is 7.34. The molecule has 0 atom stereocenters. The van der Waals surface area contributed by atoms with Crippen LogP contribution >= 0.6 is 27.5 Å². The molecule has 0 radical (unpaired) electrons. The van der Waals surface area contributed by atoms with Crippen LogP contribution in [-0.2, 0) is 10.0 Å². The van der Waals surface area contributed by atoms with Crippen molar-refractivity contribution >= 4 is 43.2 Å². The van der Waals surface area contributed by atoms with Gasteiger partial charge >= 0.3 is 6.61 Å². The molecular formula is C14H11BrClF2NO4S. The van der Waals surface area contributed by atoms with Gasteiger partial charge in [0.05, 0.1) is 17.3 Å². The van der Waals surface area contributed by atoms with Crippen molar-refractivity contribution in [3.05, 3.63) is 45.9 Å². The first-order valence-electron chi connectivity index (χ1n) is 6.34. The number of ether oxygens (including phenoxy) is 2. The van der Waals surface area contributed by atoms with Gasteiger partial charge in [-0.05, 0) is 40.2 Å². The van der Waals surface area contributed by atoms with Gasteiger partial charge in [0.2, 0.25) is 0 Å². The minimum absolute atomic E-state index is 0.0270. The lowest BCUT2D eigenvalue weighted by Gasteiger charge is -2.15. The van der Waals surface area contributed by atoms with E-state index in [2.05, 4.69) is 25.4 Å². The second-order valence-electron chi connectivity index (χ2n) is 4.40. The summed E-state index contributed by atoms with van der Waals surface area (Å²) in [5.74, 6) is -0.282. The van der Waals surface area contributed by atoms with Crippen LogP contribution in [0.25, 0.3) is 0 Å². The summed E-state index contributed by atoms with van der Waals surface area (Å²) in [4.78, 5) is -0.253. The molecule has 2 rings (SSSR count). The van der Waals surface area contributed by atoms with Crippen LogP contribution in [0.3, 0.4) is 0 Å². The number of hydrogen-bond donors (Lipinski definition) is 1. The van der Waals surface area contributed by atoms with Crippen LogP contribution in [-0.4, -0.2) is 22.1 Å². The molecule has 0 amide bonds. The van der Waals surface area contributed by atoms with E-state index in [1.54, 1.807) is 0 Å². The summed E-state index contributed by atoms with van der Waals surface area (Å²) in [5.41, 5.74) is -0.143. The summed E-state index contributed by atoms with van der Waals surface area (Å²) in [6.45, 7) is -3.09. The molecule has 0 spiro atoms. The van der Waals surface area contributed by atoms with Gasteiger partial charge in [0.25, 0.3) is 10.0 Å². The van der Waals surface area contributed by atoms with Gasteiger partial charge < -0.3 is 9.47 Å². The van der Waals surface area contributed by atoms with Crippen molar-refractivity contribution in [2.75, 3.05) is 11.8 Å². The Labute approximate surface area is 150 Å². The molecule has 0 bridgehead atoms. The first-order chi connectivity index (χ1) is 11.2. The lowest BCUT2D eigenvalue weighted by atomic mass is 10.3. The Morgan fingerprint density at radius 3 is 2.54 bits per heavy atom. The average Bonchev–Trinajstić information content (AvgIpc) is 2.48. The third kappa shape index (κ3) is 4.28. The van der Waals surface area contributed by atoms with E-state index >= 15 is 0 Å². The van der Waals surface area contributed by atoms with E-state index in [9.17, 15) is 17.2 Å². The van der Waals surface area contributed by atoms with Gasteiger partial charge in [-0.15, -0.1) is 0 Å². The number of anilines is 1. The third-order valence-corrected chi connectivity index (χ3v) is 4.99. The molecule has 0 unspecified atom stereocenters. The maximum Gasteiger partial charge on any atom is 0.387 e. The minimum atomic E-state index is -4.17. The predicted octanol–water partition coefficient (Wildman–Crippen LogP) is 4.51. The Morgan fingerprint density at radius 2 is 1.92 bits per heavy atom. The summed E-state index contributed by atoms with van der Waals surface area (Å²) in [6, 6.07) is 8.07. The molecule has 2 aromatic carbocycles. The zero-order chi connectivity index (χ0) is 17.9. The van der Waals surface area contributed by atoms with E-state index in [4.69, 9.17) is 16.3 Å². The van der Waals surface area contributed by atoms with Crippen molar-refractivity contribution in [2.45, 2.75) is 11.5 Å². The van der Waals surface area contributed by atoms with Crippen molar-refractivity contribution in [1.82, 2.24) is 0 Å². The lowest BCUT2D eigenvalue weighted by Crippen LogP contribution is -2.16. The summed E-state index contributed by atoms with van der Waals surface area (Å²) in [6.07, 6.45) is 0. The van der Waals surface area contributed by atoms with Gasteiger partial charge in [-0.3, -0.25) is 4.72 Å². The number of para-hydroxylation sites is 2. The highest BCUT2D eigenvalue weighted by Gasteiger charge is 2.24. The van der Waals surface area contributed by atoms with Gasteiger partial charge in [0, 0.05) is 5.02 Å². The molecule has 0 aliphatic rings. The van der Waals surface area contributed by atoms with Crippen LogP contribution < -0.4 is 14.2 Å². The summed E-state index contributed by atoms with van der Waals surface area (Å²) < 4.78 is 62.0. The van der Waals surface area contributed by atoms with E-state index in [-0.39, 0.29) is 27.1 Å². The third-order valence-electron chi connectivity index (χ3n) is 2.82. The smallest absolute Gasteiger partial charge is 0.387 e. The molecule has 0 aliphatic carbocycles. The Morgan fingerprint density at radius 1 is 1.25 bits per heavy atom. The van der Waals surface area contributed by atoms with Crippen LogP contribution in [0.15, 0.2) is 45.8 Å². The van der Waals surface area contributed by atoms with Crippen LogP contribution in [0.4, 0.5) is 14.5 Å². The van der Waals surface area contributed by atoms with Gasteiger partial charge in [-0.1, -0.05) is 23.7 Å². The van der Waals surface area contributed by atoms with Gasteiger partial charge in [-0.25, -0.2) is 8.42 Å². The molecule has 10 heteroatoms. The fourth-order valence-electron chi connectivity index (χ4n) is 1.88. The van der Waals surface area contributed by atoms with E-state index < -0.39 is 16.6 Å². The first-order valence-corrected chi connectivity index (χ1v) is 8.99. The molecule has 0 saturated heterocycles. The van der Waals surface area contributed by atoms with Crippen molar-refractivity contribution in [2.24, 2.45) is 0 Å². The SMILES string of the molecule is COc1c(Br)cc(Cl)cc1S(=O)(=O)Nc1ccccc1OC(F)F. The number of halogens is 4. The number of rotatable bonds is 6. The van der Waals surface area contributed by atoms with Crippen molar-refractivity contribution in [3.8, 4) is 11.5 Å². The van der Waals surface area contributed by atoms with Crippen molar-refractivity contribution in [3.63, 3.8) is 0 Å². The van der Waals surface area contributed by atoms with Crippen LogP contribution in [0.5, 0.6) is 11.5 Å². The maximum atomic E-state index is 12.6. The number of alkyl halides is 2. The van der Waals surface area contributed by atoms with E-state index in [1.807, 2.05) is 0 Å². The van der Waals surface area contributed by atoms with Gasteiger partial charge in [0.1, 0.15) is 10.6 Å². The molecule has 24 heavy (non-hydrogen) atoms. The highest BCUT2D eigenvalue weighted by Crippen LogP contribution is 2.37. The first kappa shape index (κ1) is 18.8. The zero-order valence-corrected chi connectivity index (χ0v) is 15.3. The summed E-state index contributed by atoms with van der Waals surface area (Å²) in [7, 11) is -2.88. The Balaban J connectivity index is 2.47. The number of sulfonamides is 1. The Hall–Kier alpha value is -1.58. The molecule has 0 fully saturated rings. The maximum absolute atomic E-state index is 12.6. The molecule has 0 saturated carbocycles. The normalized spacial score (nSPS) is 11.4. The Kier molecular flexibility index (Phi) is 5.89. The largest absolute Gasteiger partial charge is 0.494 e. The highest BCUT2D eigenvalue weighted by atomic mass is 79.9. The van der Waals surface area contributed by atoms with E-state index in [0.717, 1.165) is 0 Å². The number of methoxy groups -OCH3 is 1. The fraction of sp³-hybridized carbons (Fsp3) is 0.143. The molecule has 5 nitrogen and oxygen atoms in total. The summed E-state index contributed by atoms with van der Waals surface area (Å²) in [5, 5.41) is 0.153. The van der Waals surface area contributed by atoms with Gasteiger partial charge in [-0.2, -0.15) is 8.78 Å². The average molecular weight is 443 g/mol. The van der Waals surface area contributed by atoms with Crippen LogP contribution in [0.2, 0.25) is 5.02 Å². The van der Waals surface area contributed by atoms with Crippen LogP contribution in [0, 0.1) is 0 Å². The summed E-state index contributed by atoms with van der Waals surface area (Å²) >= 11 is 9.04. The van der Waals surface area contributed by atoms with Crippen molar-refractivity contribution in [1.29, 1.82) is 0 Å². The fourth-order valence-corrected chi connectivity index (χ4v) is 4.34. The molecule has 2 aromatic rings. The monoisotopic (exact) mass is 441 g/mol. The lowest BCUT2D eigenvalue weighted by molar-refractivity contribution is -0.0493. The topological polar surface area (TPSA) is 64.6 Å².